The van der Waals surface area contributed by atoms with Crippen LogP contribution in [-0.2, 0) is 19.6 Å². The molecule has 29 heavy (non-hydrogen) atoms. The molecule has 0 fully saturated rings. The molecule has 3 aromatic rings. The van der Waals surface area contributed by atoms with E-state index in [1.807, 2.05) is 24.3 Å². The highest BCUT2D eigenvalue weighted by Crippen LogP contribution is 2.29. The number of benzene rings is 2. The lowest BCUT2D eigenvalue weighted by Crippen LogP contribution is -2.42. The quantitative estimate of drug-likeness (QED) is 0.476. The monoisotopic (exact) mass is 497 g/mol. The van der Waals surface area contributed by atoms with Crippen molar-refractivity contribution in [2.45, 2.75) is 4.90 Å². The van der Waals surface area contributed by atoms with Crippen LogP contribution < -0.4 is 4.90 Å². The number of ether oxygens (including phenoxy) is 1. The predicted molar refractivity (Wildman–Crippen MR) is 118 cm³/mol. The molecule has 1 heterocycles. The summed E-state index contributed by atoms with van der Waals surface area (Å²) in [6.45, 7) is 0.282. The number of para-hydroxylation sites is 1. The normalized spacial score (nSPS) is 11.9. The van der Waals surface area contributed by atoms with Gasteiger partial charge in [0, 0.05) is 18.6 Å². The number of fused-ring (bicyclic) bond motifs is 1. The third-order valence-corrected chi connectivity index (χ3v) is 7.62. The Labute approximate surface area is 182 Å². The van der Waals surface area contributed by atoms with Gasteiger partial charge in [-0.2, -0.15) is 4.31 Å². The van der Waals surface area contributed by atoms with Crippen molar-refractivity contribution in [3.05, 3.63) is 53.0 Å². The van der Waals surface area contributed by atoms with Crippen molar-refractivity contribution in [3.8, 4) is 0 Å². The Morgan fingerprint density at radius 3 is 2.52 bits per heavy atom. The first kappa shape index (κ1) is 21.8. The lowest BCUT2D eigenvalue weighted by atomic mass is 10.3. The maximum atomic E-state index is 13.0. The highest BCUT2D eigenvalue weighted by atomic mass is 79.9. The Morgan fingerprint density at radius 1 is 1.17 bits per heavy atom. The highest BCUT2D eigenvalue weighted by molar-refractivity contribution is 9.10. The fourth-order valence-electron chi connectivity index (χ4n) is 2.63. The zero-order valence-electron chi connectivity index (χ0n) is 15.9. The van der Waals surface area contributed by atoms with Crippen LogP contribution in [0.15, 0.2) is 57.9 Å². The van der Waals surface area contributed by atoms with Crippen molar-refractivity contribution < 1.29 is 17.9 Å². The fraction of sp³-hybridized carbons (Fsp3) is 0.263. The van der Waals surface area contributed by atoms with E-state index in [4.69, 9.17) is 4.74 Å². The molecule has 154 valence electrons. The number of halogens is 1. The molecule has 0 bridgehead atoms. The first-order valence-electron chi connectivity index (χ1n) is 8.69. The molecule has 3 rings (SSSR count). The molecule has 0 radical (unpaired) electrons. The van der Waals surface area contributed by atoms with Gasteiger partial charge in [0.25, 0.3) is 0 Å². The molecule has 0 unspecified atom stereocenters. The molecule has 0 aliphatic heterocycles. The van der Waals surface area contributed by atoms with Crippen molar-refractivity contribution in [1.29, 1.82) is 0 Å². The number of thiazole rings is 1. The number of aromatic nitrogens is 1. The van der Waals surface area contributed by atoms with Gasteiger partial charge in [-0.3, -0.25) is 9.69 Å². The molecular weight excluding hydrogens is 478 g/mol. The fourth-order valence-corrected chi connectivity index (χ4v) is 5.03. The number of likely N-dealkylation sites (N-methyl/N-ethyl adjacent to an activating group) is 1. The second-order valence-electron chi connectivity index (χ2n) is 6.22. The first-order valence-corrected chi connectivity index (χ1v) is 11.7. The number of carbonyl (C=O) groups is 1. The van der Waals surface area contributed by atoms with Gasteiger partial charge in [0.2, 0.25) is 15.9 Å². The van der Waals surface area contributed by atoms with E-state index in [0.717, 1.165) is 19.0 Å². The van der Waals surface area contributed by atoms with Crippen LogP contribution in [0.4, 0.5) is 5.13 Å². The summed E-state index contributed by atoms with van der Waals surface area (Å²) in [7, 11) is -0.857. The third kappa shape index (κ3) is 5.01. The van der Waals surface area contributed by atoms with Crippen LogP contribution in [0.1, 0.15) is 0 Å². The van der Waals surface area contributed by atoms with Crippen LogP contribution in [0.25, 0.3) is 10.2 Å². The molecule has 1 aromatic heterocycles. The number of hydrogen-bond donors (Lipinski definition) is 0. The number of carbonyl (C=O) groups excluding carboxylic acids is 1. The summed E-state index contributed by atoms with van der Waals surface area (Å²) >= 11 is 4.67. The van der Waals surface area contributed by atoms with Gasteiger partial charge in [0.15, 0.2) is 5.13 Å². The van der Waals surface area contributed by atoms with Gasteiger partial charge in [-0.15, -0.1) is 0 Å². The van der Waals surface area contributed by atoms with Gasteiger partial charge in [-0.25, -0.2) is 13.4 Å². The van der Waals surface area contributed by atoms with E-state index < -0.39 is 10.0 Å². The lowest BCUT2D eigenvalue weighted by Gasteiger charge is -2.23. The van der Waals surface area contributed by atoms with E-state index in [9.17, 15) is 13.2 Å². The number of anilines is 1. The summed E-state index contributed by atoms with van der Waals surface area (Å²) < 4.78 is 33.5. The van der Waals surface area contributed by atoms with E-state index in [2.05, 4.69) is 20.9 Å². The minimum absolute atomic E-state index is 0.124. The Kier molecular flexibility index (Phi) is 7.01. The van der Waals surface area contributed by atoms with Crippen molar-refractivity contribution in [3.63, 3.8) is 0 Å². The van der Waals surface area contributed by atoms with Crippen LogP contribution in [-0.4, -0.2) is 57.5 Å². The number of methoxy groups -OCH3 is 1. The number of amides is 1. The Bertz CT molecular complexity index is 1070. The maximum Gasteiger partial charge on any atom is 0.244 e. The third-order valence-electron chi connectivity index (χ3n) is 4.21. The highest BCUT2D eigenvalue weighted by Gasteiger charge is 2.27. The second-order valence-corrected chi connectivity index (χ2v) is 10.2. The zero-order valence-corrected chi connectivity index (χ0v) is 19.1. The van der Waals surface area contributed by atoms with Crippen molar-refractivity contribution in [1.82, 2.24) is 9.29 Å². The van der Waals surface area contributed by atoms with E-state index in [1.165, 1.54) is 35.4 Å². The SMILES string of the molecule is COCCN(C(=O)CN(C)S(=O)(=O)c1ccc(Br)cc1)c1nc2ccccc2s1. The molecule has 0 saturated heterocycles. The summed E-state index contributed by atoms with van der Waals surface area (Å²) in [5.74, 6) is -0.371. The second kappa shape index (κ2) is 9.31. The van der Waals surface area contributed by atoms with Gasteiger partial charge in [0.05, 0.1) is 34.8 Å². The molecule has 0 aliphatic rings. The summed E-state index contributed by atoms with van der Waals surface area (Å²) in [5.41, 5.74) is 0.790. The van der Waals surface area contributed by atoms with Crippen molar-refractivity contribution >= 4 is 58.5 Å². The molecule has 7 nitrogen and oxygen atoms in total. The zero-order chi connectivity index (χ0) is 21.0. The lowest BCUT2D eigenvalue weighted by molar-refractivity contribution is -0.118. The average Bonchev–Trinajstić information content (AvgIpc) is 3.12. The van der Waals surface area contributed by atoms with E-state index in [0.29, 0.717) is 11.7 Å². The summed E-state index contributed by atoms with van der Waals surface area (Å²) in [4.78, 5) is 19.1. The number of sulfonamides is 1. The summed E-state index contributed by atoms with van der Waals surface area (Å²) in [6.07, 6.45) is 0. The molecule has 2 aromatic carbocycles. The van der Waals surface area contributed by atoms with Gasteiger partial charge in [0.1, 0.15) is 0 Å². The molecule has 0 spiro atoms. The van der Waals surface area contributed by atoms with Gasteiger partial charge in [-0.1, -0.05) is 39.4 Å². The minimum atomic E-state index is -3.79. The first-order chi connectivity index (χ1) is 13.8. The minimum Gasteiger partial charge on any atom is -0.383 e. The molecule has 0 N–H and O–H groups in total. The summed E-state index contributed by atoms with van der Waals surface area (Å²) in [5, 5.41) is 0.516. The van der Waals surface area contributed by atoms with Crippen molar-refractivity contribution in [2.75, 3.05) is 38.8 Å². The van der Waals surface area contributed by atoms with Crippen LogP contribution in [0, 0.1) is 0 Å². The number of nitrogens with zero attached hydrogens (tertiary/aromatic N) is 3. The number of rotatable bonds is 8. The Hall–Kier alpha value is -1.85. The van der Waals surface area contributed by atoms with Crippen LogP contribution in [0.2, 0.25) is 0 Å². The van der Waals surface area contributed by atoms with E-state index >= 15 is 0 Å². The molecule has 0 atom stereocenters. The van der Waals surface area contributed by atoms with E-state index in [1.54, 1.807) is 19.2 Å². The average molecular weight is 498 g/mol. The summed E-state index contributed by atoms with van der Waals surface area (Å²) in [6, 6.07) is 13.9. The van der Waals surface area contributed by atoms with Gasteiger partial charge < -0.3 is 4.74 Å². The standard InChI is InChI=1S/C19H20BrN3O4S2/c1-22(29(25,26)15-9-7-14(20)8-10-15)13-18(24)23(11-12-27-2)19-21-16-5-3-4-6-17(16)28-19/h3-10H,11-13H2,1-2H3. The molecule has 0 aliphatic carbocycles. The smallest absolute Gasteiger partial charge is 0.244 e. The van der Waals surface area contributed by atoms with Gasteiger partial charge in [-0.05, 0) is 36.4 Å². The van der Waals surface area contributed by atoms with Crippen LogP contribution in [0.3, 0.4) is 0 Å². The molecule has 1 amide bonds. The molecule has 10 heteroatoms. The topological polar surface area (TPSA) is 79.8 Å². The molecule has 0 saturated carbocycles. The maximum absolute atomic E-state index is 13.0. The Balaban J connectivity index is 1.83. The van der Waals surface area contributed by atoms with Crippen LogP contribution in [0.5, 0.6) is 0 Å². The number of hydrogen-bond acceptors (Lipinski definition) is 6. The molecular formula is C19H20BrN3O4S2. The van der Waals surface area contributed by atoms with Gasteiger partial charge >= 0.3 is 0 Å². The van der Waals surface area contributed by atoms with E-state index in [-0.39, 0.29) is 23.9 Å². The van der Waals surface area contributed by atoms with Crippen LogP contribution >= 0.6 is 27.3 Å². The Morgan fingerprint density at radius 2 is 1.86 bits per heavy atom. The predicted octanol–water partition coefficient (Wildman–Crippen LogP) is 3.36. The van der Waals surface area contributed by atoms with Crippen molar-refractivity contribution in [2.24, 2.45) is 0 Å². The largest absolute Gasteiger partial charge is 0.383 e.